The van der Waals surface area contributed by atoms with E-state index in [2.05, 4.69) is 0 Å². The number of ketones is 1. The van der Waals surface area contributed by atoms with Crippen LogP contribution in [0.15, 0.2) is 54.0 Å². The summed E-state index contributed by atoms with van der Waals surface area (Å²) in [5.74, 6) is 1.25. The third-order valence-electron chi connectivity index (χ3n) is 3.40. The van der Waals surface area contributed by atoms with Gasteiger partial charge in [-0.2, -0.15) is 0 Å². The van der Waals surface area contributed by atoms with Crippen LogP contribution >= 0.6 is 0 Å². The van der Waals surface area contributed by atoms with Gasteiger partial charge in [-0.1, -0.05) is 12.2 Å². The van der Waals surface area contributed by atoms with Crippen molar-refractivity contribution in [3.05, 3.63) is 59.6 Å². The van der Waals surface area contributed by atoms with E-state index in [0.29, 0.717) is 28.5 Å². The smallest absolute Gasteiger partial charge is 0.231 e. The molecule has 0 amide bonds. The molecule has 0 spiro atoms. The second kappa shape index (κ2) is 5.36. The summed E-state index contributed by atoms with van der Waals surface area (Å²) >= 11 is 0. The molecular weight excluding hydrogens is 270 g/mol. The van der Waals surface area contributed by atoms with E-state index in [4.69, 9.17) is 19.9 Å². The van der Waals surface area contributed by atoms with E-state index in [1.807, 2.05) is 0 Å². The molecule has 1 aromatic carbocycles. The average Bonchev–Trinajstić information content (AvgIpc) is 2.84. The summed E-state index contributed by atoms with van der Waals surface area (Å²) in [6.45, 7) is 0.174. The summed E-state index contributed by atoms with van der Waals surface area (Å²) in [5.41, 5.74) is 6.77. The summed E-state index contributed by atoms with van der Waals surface area (Å²) in [6, 6.07) is 5.04. The van der Waals surface area contributed by atoms with Gasteiger partial charge in [-0.15, -0.1) is 0 Å². The lowest BCUT2D eigenvalue weighted by Gasteiger charge is -2.11. The minimum Gasteiger partial charge on any atom is -0.497 e. The van der Waals surface area contributed by atoms with Crippen LogP contribution in [0, 0.1) is 5.92 Å². The first-order chi connectivity index (χ1) is 10.2. The third-order valence-corrected chi connectivity index (χ3v) is 3.40. The summed E-state index contributed by atoms with van der Waals surface area (Å²) in [7, 11) is 1.55. The molecule has 3 rings (SSSR count). The van der Waals surface area contributed by atoms with Crippen LogP contribution in [0.4, 0.5) is 5.69 Å². The zero-order valence-electron chi connectivity index (χ0n) is 11.5. The van der Waals surface area contributed by atoms with Crippen molar-refractivity contribution < 1.29 is 19.0 Å². The summed E-state index contributed by atoms with van der Waals surface area (Å²) in [5, 5.41) is 0. The number of hydrogen-bond acceptors (Lipinski definition) is 5. The molecule has 1 aliphatic carbocycles. The largest absolute Gasteiger partial charge is 0.497 e. The quantitative estimate of drug-likeness (QED) is 0.682. The van der Waals surface area contributed by atoms with Crippen molar-refractivity contribution in [2.75, 3.05) is 19.6 Å². The Morgan fingerprint density at radius 1 is 1.33 bits per heavy atom. The number of Topliss-reactive ketones (excluding diaryl/α,β-unsaturated/α-hetero) is 1. The fourth-order valence-corrected chi connectivity index (χ4v) is 2.26. The van der Waals surface area contributed by atoms with E-state index in [1.165, 1.54) is 0 Å². The van der Waals surface area contributed by atoms with Crippen LogP contribution in [0.2, 0.25) is 0 Å². The predicted octanol–water partition coefficient (Wildman–Crippen LogP) is 2.42. The van der Waals surface area contributed by atoms with Crippen molar-refractivity contribution in [3.63, 3.8) is 0 Å². The standard InChI is InChI=1S/C16H15NO4/c1-19-11-5-6-13(17)12(8-11)16(18)10-3-2-4-14-15(7-10)21-9-20-14/h2-8,10H,9,17H2,1H3. The Kier molecular flexibility index (Phi) is 3.39. The molecule has 0 radical (unpaired) electrons. The third kappa shape index (κ3) is 2.50. The van der Waals surface area contributed by atoms with Crippen molar-refractivity contribution in [1.82, 2.24) is 0 Å². The monoisotopic (exact) mass is 285 g/mol. The highest BCUT2D eigenvalue weighted by Crippen LogP contribution is 2.29. The molecule has 1 atom stereocenters. The van der Waals surface area contributed by atoms with Gasteiger partial charge in [0.1, 0.15) is 5.75 Å². The number of ether oxygens (including phenoxy) is 3. The van der Waals surface area contributed by atoms with Crippen molar-refractivity contribution in [2.45, 2.75) is 0 Å². The van der Waals surface area contributed by atoms with Gasteiger partial charge in [0.15, 0.2) is 17.3 Å². The number of rotatable bonds is 3. The molecule has 0 bridgehead atoms. The molecule has 0 aromatic heterocycles. The van der Waals surface area contributed by atoms with E-state index in [0.717, 1.165) is 0 Å². The number of fused-ring (bicyclic) bond motifs is 1. The number of benzene rings is 1. The van der Waals surface area contributed by atoms with Gasteiger partial charge in [0.25, 0.3) is 0 Å². The minimum atomic E-state index is -0.454. The Labute approximate surface area is 122 Å². The first-order valence-electron chi connectivity index (χ1n) is 6.53. The van der Waals surface area contributed by atoms with Gasteiger partial charge in [-0.3, -0.25) is 4.79 Å². The lowest BCUT2D eigenvalue weighted by Crippen LogP contribution is -2.13. The van der Waals surface area contributed by atoms with Crippen molar-refractivity contribution in [2.24, 2.45) is 5.92 Å². The molecule has 21 heavy (non-hydrogen) atoms. The van der Waals surface area contributed by atoms with E-state index in [-0.39, 0.29) is 12.6 Å². The highest BCUT2D eigenvalue weighted by Gasteiger charge is 2.24. The number of methoxy groups -OCH3 is 1. The van der Waals surface area contributed by atoms with Gasteiger partial charge < -0.3 is 19.9 Å². The van der Waals surface area contributed by atoms with Gasteiger partial charge in [0, 0.05) is 11.3 Å². The van der Waals surface area contributed by atoms with E-state index in [1.54, 1.807) is 49.6 Å². The number of carbonyl (C=O) groups is 1. The van der Waals surface area contributed by atoms with Gasteiger partial charge in [-0.05, 0) is 30.4 Å². The van der Waals surface area contributed by atoms with E-state index in [9.17, 15) is 4.79 Å². The Bertz CT molecular complexity index is 673. The normalized spacial score (nSPS) is 19.6. The maximum Gasteiger partial charge on any atom is 0.231 e. The Balaban J connectivity index is 1.94. The molecule has 1 fully saturated rings. The fraction of sp³-hybridized carbons (Fsp3) is 0.188. The highest BCUT2D eigenvalue weighted by molar-refractivity contribution is 6.04. The fourth-order valence-electron chi connectivity index (χ4n) is 2.26. The molecule has 1 heterocycles. The van der Waals surface area contributed by atoms with Crippen LogP contribution in [0.3, 0.4) is 0 Å². The maximum atomic E-state index is 12.7. The van der Waals surface area contributed by atoms with Crippen molar-refractivity contribution >= 4 is 11.5 Å². The molecule has 2 N–H and O–H groups in total. The Morgan fingerprint density at radius 2 is 2.14 bits per heavy atom. The first-order valence-corrected chi connectivity index (χ1v) is 6.53. The summed E-state index contributed by atoms with van der Waals surface area (Å²) in [4.78, 5) is 12.7. The van der Waals surface area contributed by atoms with Crippen LogP contribution in [-0.4, -0.2) is 19.7 Å². The molecule has 1 aliphatic heterocycles. The number of carbonyl (C=O) groups excluding carboxylic acids is 1. The molecule has 108 valence electrons. The molecule has 1 aromatic rings. The first kappa shape index (κ1) is 13.3. The lowest BCUT2D eigenvalue weighted by molar-refractivity contribution is 0.0933. The molecular formula is C16H15NO4. The maximum absolute atomic E-state index is 12.7. The van der Waals surface area contributed by atoms with Gasteiger partial charge in [0.2, 0.25) is 6.79 Å². The zero-order valence-corrected chi connectivity index (χ0v) is 11.5. The van der Waals surface area contributed by atoms with Gasteiger partial charge in [0.05, 0.1) is 13.0 Å². The van der Waals surface area contributed by atoms with Crippen LogP contribution < -0.4 is 10.5 Å². The SMILES string of the molecule is COc1ccc(N)c(C(=O)C2C=CC=C3OCOC3=C2)c1. The highest BCUT2D eigenvalue weighted by atomic mass is 16.7. The summed E-state index contributed by atoms with van der Waals surface area (Å²) < 4.78 is 15.8. The number of allylic oxidation sites excluding steroid dienone is 4. The Morgan fingerprint density at radius 3 is 2.95 bits per heavy atom. The van der Waals surface area contributed by atoms with Gasteiger partial charge in [-0.25, -0.2) is 0 Å². The van der Waals surface area contributed by atoms with E-state index < -0.39 is 5.92 Å². The number of nitrogen functional groups attached to an aromatic ring is 1. The summed E-state index contributed by atoms with van der Waals surface area (Å²) in [6.07, 6.45) is 7.09. The van der Waals surface area contributed by atoms with E-state index >= 15 is 0 Å². The van der Waals surface area contributed by atoms with Crippen LogP contribution in [-0.2, 0) is 9.47 Å². The minimum absolute atomic E-state index is 0.111. The lowest BCUT2D eigenvalue weighted by atomic mass is 9.95. The molecule has 0 saturated carbocycles. The zero-order chi connectivity index (χ0) is 14.8. The predicted molar refractivity (Wildman–Crippen MR) is 77.6 cm³/mol. The second-order valence-electron chi connectivity index (χ2n) is 4.70. The number of anilines is 1. The van der Waals surface area contributed by atoms with Crippen LogP contribution in [0.5, 0.6) is 5.75 Å². The molecule has 1 unspecified atom stereocenters. The van der Waals surface area contributed by atoms with Gasteiger partial charge >= 0.3 is 0 Å². The van der Waals surface area contributed by atoms with Crippen LogP contribution in [0.1, 0.15) is 10.4 Å². The molecule has 2 aliphatic rings. The molecule has 5 nitrogen and oxygen atoms in total. The number of nitrogens with two attached hydrogens (primary N) is 1. The van der Waals surface area contributed by atoms with Crippen LogP contribution in [0.25, 0.3) is 0 Å². The number of hydrogen-bond donors (Lipinski definition) is 1. The van der Waals surface area contributed by atoms with Crippen molar-refractivity contribution in [1.29, 1.82) is 0 Å². The second-order valence-corrected chi connectivity index (χ2v) is 4.70. The molecule has 5 heteroatoms. The average molecular weight is 285 g/mol. The topological polar surface area (TPSA) is 70.8 Å². The van der Waals surface area contributed by atoms with Crippen molar-refractivity contribution in [3.8, 4) is 5.75 Å². The molecule has 1 saturated heterocycles. The Hall–Kier alpha value is -2.69.